The average Bonchev–Trinajstić information content (AvgIpc) is 2.49. The van der Waals surface area contributed by atoms with E-state index in [4.69, 9.17) is 0 Å². The zero-order chi connectivity index (χ0) is 13.7. The Kier molecular flexibility index (Phi) is 4.86. The molecule has 1 saturated heterocycles. The first-order valence-corrected chi connectivity index (χ1v) is 7.26. The number of fused-ring (bicyclic) bond motifs is 1. The van der Waals surface area contributed by atoms with Crippen molar-refractivity contribution in [3.05, 3.63) is 35.8 Å². The maximum atomic E-state index is 4.53. The molecule has 102 valence electrons. The molecule has 3 nitrogen and oxygen atoms in total. The van der Waals surface area contributed by atoms with Gasteiger partial charge in [0.05, 0.1) is 11.2 Å². The van der Waals surface area contributed by atoms with E-state index in [1.54, 1.807) is 6.33 Å². The van der Waals surface area contributed by atoms with Gasteiger partial charge in [-0.3, -0.25) is 0 Å². The fourth-order valence-electron chi connectivity index (χ4n) is 2.61. The molecule has 3 heteroatoms. The van der Waals surface area contributed by atoms with E-state index in [0.717, 1.165) is 18.6 Å². The van der Waals surface area contributed by atoms with Crippen molar-refractivity contribution in [2.45, 2.75) is 39.5 Å². The number of nitrogens with zero attached hydrogens (tertiary/aromatic N) is 2. The highest BCUT2D eigenvalue weighted by Crippen LogP contribution is 2.29. The fourth-order valence-corrected chi connectivity index (χ4v) is 2.61. The Labute approximate surface area is 115 Å². The molecule has 1 aliphatic heterocycles. The van der Waals surface area contributed by atoms with E-state index in [-0.39, 0.29) is 0 Å². The SMILES string of the molecule is CC.Cc1ccc2ncnc(C3CCNCC3)c2c1. The molecule has 1 aromatic heterocycles. The molecule has 1 aliphatic rings. The maximum absolute atomic E-state index is 4.53. The molecule has 1 aromatic carbocycles. The predicted octanol–water partition coefficient (Wildman–Crippen LogP) is 3.43. The van der Waals surface area contributed by atoms with E-state index in [9.17, 15) is 0 Å². The van der Waals surface area contributed by atoms with Crippen LogP contribution >= 0.6 is 0 Å². The van der Waals surface area contributed by atoms with Crippen LogP contribution in [0.2, 0.25) is 0 Å². The Balaban J connectivity index is 0.000000637. The lowest BCUT2D eigenvalue weighted by molar-refractivity contribution is 0.455. The van der Waals surface area contributed by atoms with E-state index in [0.29, 0.717) is 5.92 Å². The van der Waals surface area contributed by atoms with Gasteiger partial charge in [-0.1, -0.05) is 25.5 Å². The third-order valence-corrected chi connectivity index (χ3v) is 3.55. The van der Waals surface area contributed by atoms with Crippen LogP contribution < -0.4 is 5.32 Å². The summed E-state index contributed by atoms with van der Waals surface area (Å²) < 4.78 is 0. The second kappa shape index (κ2) is 6.62. The number of rotatable bonds is 1. The number of hydrogen-bond donors (Lipinski definition) is 1. The van der Waals surface area contributed by atoms with Crippen LogP contribution in [-0.4, -0.2) is 23.1 Å². The molecule has 3 rings (SSSR count). The Bertz CT molecular complexity index is 531. The minimum atomic E-state index is 0.587. The highest BCUT2D eigenvalue weighted by molar-refractivity contribution is 5.81. The molecular weight excluding hydrogens is 234 g/mol. The Morgan fingerprint density at radius 1 is 1.11 bits per heavy atom. The van der Waals surface area contributed by atoms with Crippen LogP contribution in [0.15, 0.2) is 24.5 Å². The maximum Gasteiger partial charge on any atom is 0.116 e. The summed E-state index contributed by atoms with van der Waals surface area (Å²) in [6.07, 6.45) is 4.06. The van der Waals surface area contributed by atoms with Gasteiger partial charge in [-0.05, 0) is 45.0 Å². The molecule has 0 radical (unpaired) electrons. The first-order chi connectivity index (χ1) is 9.34. The van der Waals surface area contributed by atoms with Crippen molar-refractivity contribution >= 4 is 10.9 Å². The van der Waals surface area contributed by atoms with Gasteiger partial charge in [-0.25, -0.2) is 9.97 Å². The van der Waals surface area contributed by atoms with Crippen LogP contribution in [0, 0.1) is 6.92 Å². The molecule has 0 atom stereocenters. The summed E-state index contributed by atoms with van der Waals surface area (Å²) in [4.78, 5) is 8.88. The summed E-state index contributed by atoms with van der Waals surface area (Å²) in [5.41, 5.74) is 3.59. The zero-order valence-electron chi connectivity index (χ0n) is 12.1. The summed E-state index contributed by atoms with van der Waals surface area (Å²) >= 11 is 0. The van der Waals surface area contributed by atoms with Crippen molar-refractivity contribution in [3.8, 4) is 0 Å². The lowest BCUT2D eigenvalue weighted by Crippen LogP contribution is -2.27. The zero-order valence-corrected chi connectivity index (χ0v) is 12.1. The molecular formula is C16H23N3. The lowest BCUT2D eigenvalue weighted by atomic mass is 9.91. The van der Waals surface area contributed by atoms with Gasteiger partial charge in [-0.15, -0.1) is 0 Å². The molecule has 0 aliphatic carbocycles. The summed E-state index contributed by atoms with van der Waals surface area (Å²) in [6.45, 7) is 8.32. The molecule has 0 amide bonds. The normalized spacial score (nSPS) is 15.9. The predicted molar refractivity (Wildman–Crippen MR) is 80.5 cm³/mol. The van der Waals surface area contributed by atoms with Gasteiger partial charge in [0.25, 0.3) is 0 Å². The van der Waals surface area contributed by atoms with Crippen LogP contribution in [0.25, 0.3) is 10.9 Å². The highest BCUT2D eigenvalue weighted by Gasteiger charge is 2.18. The lowest BCUT2D eigenvalue weighted by Gasteiger charge is -2.23. The first kappa shape index (κ1) is 13.9. The smallest absolute Gasteiger partial charge is 0.116 e. The number of benzene rings is 1. The second-order valence-corrected chi connectivity index (χ2v) is 4.80. The van der Waals surface area contributed by atoms with E-state index >= 15 is 0 Å². The van der Waals surface area contributed by atoms with Gasteiger partial charge < -0.3 is 5.32 Å². The summed E-state index contributed by atoms with van der Waals surface area (Å²) in [5, 5.41) is 4.64. The second-order valence-electron chi connectivity index (χ2n) is 4.80. The van der Waals surface area contributed by atoms with Gasteiger partial charge in [0.2, 0.25) is 0 Å². The molecule has 0 spiro atoms. The number of aromatic nitrogens is 2. The van der Waals surface area contributed by atoms with Crippen molar-refractivity contribution < 1.29 is 0 Å². The van der Waals surface area contributed by atoms with Crippen LogP contribution in [0.5, 0.6) is 0 Å². The van der Waals surface area contributed by atoms with Gasteiger partial charge in [0.15, 0.2) is 0 Å². The van der Waals surface area contributed by atoms with Crippen LogP contribution in [0.4, 0.5) is 0 Å². The highest BCUT2D eigenvalue weighted by atomic mass is 14.9. The number of hydrogen-bond acceptors (Lipinski definition) is 3. The number of aryl methyl sites for hydroxylation is 1. The molecule has 0 saturated carbocycles. The van der Waals surface area contributed by atoms with Crippen molar-refractivity contribution in [2.24, 2.45) is 0 Å². The average molecular weight is 257 g/mol. The molecule has 19 heavy (non-hydrogen) atoms. The molecule has 2 heterocycles. The standard InChI is InChI=1S/C14H17N3.C2H6/c1-10-2-3-13-12(8-10)14(17-9-16-13)11-4-6-15-7-5-11;1-2/h2-3,8-9,11,15H,4-7H2,1H3;1-2H3. The Hall–Kier alpha value is -1.48. The minimum Gasteiger partial charge on any atom is -0.317 e. The summed E-state index contributed by atoms with van der Waals surface area (Å²) in [5.74, 6) is 0.587. The quantitative estimate of drug-likeness (QED) is 0.850. The molecule has 0 bridgehead atoms. The van der Waals surface area contributed by atoms with Crippen molar-refractivity contribution in [3.63, 3.8) is 0 Å². The van der Waals surface area contributed by atoms with E-state index in [1.807, 2.05) is 13.8 Å². The van der Waals surface area contributed by atoms with E-state index < -0.39 is 0 Å². The Morgan fingerprint density at radius 3 is 2.58 bits per heavy atom. The van der Waals surface area contributed by atoms with Crippen LogP contribution in [0.3, 0.4) is 0 Å². The topological polar surface area (TPSA) is 37.8 Å². The van der Waals surface area contributed by atoms with Crippen molar-refractivity contribution in [2.75, 3.05) is 13.1 Å². The first-order valence-electron chi connectivity index (χ1n) is 7.26. The molecule has 0 unspecified atom stereocenters. The summed E-state index contributed by atoms with van der Waals surface area (Å²) in [7, 11) is 0. The van der Waals surface area contributed by atoms with E-state index in [2.05, 4.69) is 40.4 Å². The Morgan fingerprint density at radius 2 is 1.84 bits per heavy atom. The van der Waals surface area contributed by atoms with Gasteiger partial charge in [0.1, 0.15) is 6.33 Å². The number of nitrogens with one attached hydrogen (secondary N) is 1. The fraction of sp³-hybridized carbons (Fsp3) is 0.500. The molecule has 2 aromatic rings. The summed E-state index contributed by atoms with van der Waals surface area (Å²) in [6, 6.07) is 6.42. The monoisotopic (exact) mass is 257 g/mol. The largest absolute Gasteiger partial charge is 0.317 e. The molecule has 1 fully saturated rings. The van der Waals surface area contributed by atoms with Gasteiger partial charge in [-0.2, -0.15) is 0 Å². The van der Waals surface area contributed by atoms with Gasteiger partial charge >= 0.3 is 0 Å². The van der Waals surface area contributed by atoms with Crippen molar-refractivity contribution in [1.82, 2.24) is 15.3 Å². The third-order valence-electron chi connectivity index (χ3n) is 3.55. The number of piperidine rings is 1. The van der Waals surface area contributed by atoms with Crippen molar-refractivity contribution in [1.29, 1.82) is 0 Å². The molecule has 1 N–H and O–H groups in total. The minimum absolute atomic E-state index is 0.587. The van der Waals surface area contributed by atoms with Gasteiger partial charge in [0, 0.05) is 11.3 Å². The third kappa shape index (κ3) is 3.10. The van der Waals surface area contributed by atoms with E-state index in [1.165, 1.54) is 29.5 Å². The van der Waals surface area contributed by atoms with Crippen LogP contribution in [0.1, 0.15) is 43.9 Å². The van der Waals surface area contributed by atoms with Crippen LogP contribution in [-0.2, 0) is 0 Å².